The van der Waals surface area contributed by atoms with E-state index >= 15 is 0 Å². The topological polar surface area (TPSA) is 102 Å². The summed E-state index contributed by atoms with van der Waals surface area (Å²) in [6.45, 7) is 0.0359. The number of nitrogens with one attached hydrogen (secondary N) is 2. The predicted molar refractivity (Wildman–Crippen MR) is 120 cm³/mol. The summed E-state index contributed by atoms with van der Waals surface area (Å²) >= 11 is 0. The van der Waals surface area contributed by atoms with E-state index in [1.165, 1.54) is 6.07 Å². The zero-order chi connectivity index (χ0) is 22.1. The largest absolute Gasteiger partial charge is 0.489 e. The third-order valence-electron chi connectivity index (χ3n) is 5.05. The number of nitrogen functional groups attached to an aromatic ring is 1. The minimum atomic E-state index is -0.382. The van der Waals surface area contributed by atoms with Gasteiger partial charge in [0.15, 0.2) is 0 Å². The van der Waals surface area contributed by atoms with Gasteiger partial charge in [-0.25, -0.2) is 14.4 Å². The molecule has 4 aromatic rings. The lowest BCUT2D eigenvalue weighted by Crippen LogP contribution is -2.12. The predicted octanol–water partition coefficient (Wildman–Crippen LogP) is 4.75. The van der Waals surface area contributed by atoms with E-state index in [0.29, 0.717) is 51.1 Å². The summed E-state index contributed by atoms with van der Waals surface area (Å²) in [5, 5.41) is 5.91. The number of hydrogen-bond donors (Lipinski definition) is 3. The highest BCUT2D eigenvalue weighted by Gasteiger charge is 2.13. The first-order chi connectivity index (χ1) is 15.5. The maximum atomic E-state index is 14.3. The molecular formula is C24H18FN5O2. The van der Waals surface area contributed by atoms with Crippen LogP contribution in [0.15, 0.2) is 72.9 Å². The fourth-order valence-corrected chi connectivity index (χ4v) is 3.40. The Morgan fingerprint density at radius 3 is 2.56 bits per heavy atom. The third kappa shape index (κ3) is 3.93. The van der Waals surface area contributed by atoms with Gasteiger partial charge in [-0.3, -0.25) is 4.79 Å². The lowest BCUT2D eigenvalue weighted by Gasteiger charge is -2.11. The summed E-state index contributed by atoms with van der Waals surface area (Å²) in [6.07, 6.45) is 1.60. The second kappa shape index (κ2) is 7.99. The lowest BCUT2D eigenvalue weighted by molar-refractivity contribution is 0.102. The molecule has 1 amide bonds. The molecule has 0 saturated carbocycles. The molecule has 0 radical (unpaired) electrons. The number of hydrogen-bond acceptors (Lipinski definition) is 6. The molecule has 0 atom stereocenters. The van der Waals surface area contributed by atoms with Gasteiger partial charge in [0, 0.05) is 39.9 Å². The average Bonchev–Trinajstić information content (AvgIpc) is 2.80. The maximum absolute atomic E-state index is 14.3. The molecule has 3 aromatic carbocycles. The van der Waals surface area contributed by atoms with Crippen molar-refractivity contribution < 1.29 is 13.9 Å². The number of benzene rings is 3. The van der Waals surface area contributed by atoms with Crippen LogP contribution in [0.3, 0.4) is 0 Å². The number of carbonyl (C=O) groups is 1. The number of halogens is 1. The Balaban J connectivity index is 1.60. The Morgan fingerprint density at radius 2 is 1.75 bits per heavy atom. The molecule has 32 heavy (non-hydrogen) atoms. The zero-order valence-electron chi connectivity index (χ0n) is 16.8. The number of nitrogens with two attached hydrogens (primary N) is 1. The number of anilines is 4. The normalized spacial score (nSPS) is 12.7. The molecule has 0 spiro atoms. The highest BCUT2D eigenvalue weighted by Crippen LogP contribution is 2.28. The van der Waals surface area contributed by atoms with Gasteiger partial charge in [-0.15, -0.1) is 0 Å². The van der Waals surface area contributed by atoms with Gasteiger partial charge >= 0.3 is 0 Å². The second-order valence-electron chi connectivity index (χ2n) is 7.27. The monoisotopic (exact) mass is 427 g/mol. The molecule has 0 aliphatic carbocycles. The maximum Gasteiger partial charge on any atom is 0.255 e. The van der Waals surface area contributed by atoms with Crippen LogP contribution >= 0.6 is 0 Å². The zero-order valence-corrected chi connectivity index (χ0v) is 16.8. The fraction of sp³-hybridized carbons (Fsp3) is 0.0417. The first-order valence-electron chi connectivity index (χ1n) is 9.88. The van der Waals surface area contributed by atoms with E-state index in [-0.39, 0.29) is 18.3 Å². The van der Waals surface area contributed by atoms with Crippen molar-refractivity contribution in [2.75, 3.05) is 16.4 Å². The molecule has 7 nitrogen and oxygen atoms in total. The molecule has 4 aliphatic rings. The molecule has 158 valence electrons. The summed E-state index contributed by atoms with van der Waals surface area (Å²) in [4.78, 5) is 21.4. The van der Waals surface area contributed by atoms with Gasteiger partial charge in [-0.1, -0.05) is 0 Å². The van der Waals surface area contributed by atoms with Crippen molar-refractivity contribution in [2.24, 2.45) is 0 Å². The summed E-state index contributed by atoms with van der Waals surface area (Å²) < 4.78 is 20.0. The molecule has 8 heteroatoms. The van der Waals surface area contributed by atoms with E-state index < -0.39 is 0 Å². The summed E-state index contributed by atoms with van der Waals surface area (Å²) in [7, 11) is 0. The Bertz CT molecular complexity index is 1320. The molecule has 5 heterocycles. The van der Waals surface area contributed by atoms with Crippen LogP contribution in [0, 0.1) is 5.82 Å². The molecule has 1 aromatic heterocycles. The first kappa shape index (κ1) is 19.5. The van der Waals surface area contributed by atoms with Gasteiger partial charge in [0.25, 0.3) is 5.91 Å². The number of rotatable bonds is 0. The van der Waals surface area contributed by atoms with Crippen molar-refractivity contribution in [2.45, 2.75) is 6.61 Å². The minimum absolute atomic E-state index is 0.0359. The number of nitrogens with zero attached hydrogens (tertiary/aromatic N) is 2. The van der Waals surface area contributed by atoms with Gasteiger partial charge in [0.1, 0.15) is 18.2 Å². The Labute approximate surface area is 183 Å². The molecule has 0 fully saturated rings. The minimum Gasteiger partial charge on any atom is -0.489 e. The van der Waals surface area contributed by atoms with Crippen molar-refractivity contribution >= 4 is 28.9 Å². The molecule has 4 N–H and O–H groups in total. The molecular weight excluding hydrogens is 409 g/mol. The third-order valence-corrected chi connectivity index (χ3v) is 5.05. The Hall–Kier alpha value is -4.46. The molecule has 0 unspecified atom stereocenters. The fourth-order valence-electron chi connectivity index (χ4n) is 3.40. The summed E-state index contributed by atoms with van der Waals surface area (Å²) in [6, 6.07) is 18.2. The lowest BCUT2D eigenvalue weighted by atomic mass is 10.1. The van der Waals surface area contributed by atoms with E-state index in [4.69, 9.17) is 10.5 Å². The highest BCUT2D eigenvalue weighted by atomic mass is 19.1. The van der Waals surface area contributed by atoms with Gasteiger partial charge in [-0.05, 0) is 66.7 Å². The standard InChI is InChI=1S/C24H18FN5O2/c25-20-8-4-17-11-15(20)13-32-18-5-2-16(3-6-18)28-23(31)14-1-7-19(21(26)12-14)22-9-10-27-24(29-17)30-22/h1-12H,13,26H2,(H,28,31)(H,27,29,30). The average molecular weight is 427 g/mol. The van der Waals surface area contributed by atoms with Crippen LogP contribution in [0.1, 0.15) is 15.9 Å². The van der Waals surface area contributed by atoms with Crippen molar-refractivity contribution in [3.05, 3.63) is 89.9 Å². The number of amides is 1. The van der Waals surface area contributed by atoms with Crippen molar-refractivity contribution in [1.29, 1.82) is 0 Å². The SMILES string of the molecule is Nc1cc2ccc1-c1ccnc(n1)Nc1ccc(F)c(c1)COc1ccc(cc1)NC2=O. The van der Waals surface area contributed by atoms with E-state index in [2.05, 4.69) is 20.6 Å². The van der Waals surface area contributed by atoms with E-state index in [0.717, 1.165) is 0 Å². The van der Waals surface area contributed by atoms with Crippen LogP contribution < -0.4 is 21.1 Å². The van der Waals surface area contributed by atoms with Gasteiger partial charge in [0.05, 0.1) is 5.69 Å². The van der Waals surface area contributed by atoms with Crippen molar-refractivity contribution in [3.63, 3.8) is 0 Å². The molecule has 4 aliphatic heterocycles. The van der Waals surface area contributed by atoms with Crippen LogP contribution in [-0.4, -0.2) is 15.9 Å². The number of ether oxygens (including phenoxy) is 1. The van der Waals surface area contributed by atoms with E-state index in [1.54, 1.807) is 66.9 Å². The number of carbonyl (C=O) groups excluding carboxylic acids is 1. The van der Waals surface area contributed by atoms with Gasteiger partial charge in [0.2, 0.25) is 5.95 Å². The Kier molecular flexibility index (Phi) is 4.87. The molecule has 0 saturated heterocycles. The summed E-state index contributed by atoms with van der Waals surface area (Å²) in [5.41, 5.74) is 9.91. The Morgan fingerprint density at radius 1 is 0.938 bits per heavy atom. The van der Waals surface area contributed by atoms with E-state index in [1.807, 2.05) is 0 Å². The quantitative estimate of drug-likeness (QED) is 0.350. The van der Waals surface area contributed by atoms with Crippen LogP contribution in [0.25, 0.3) is 11.3 Å². The van der Waals surface area contributed by atoms with Crippen molar-refractivity contribution in [1.82, 2.24) is 9.97 Å². The number of aromatic nitrogens is 2. The van der Waals surface area contributed by atoms with Crippen LogP contribution in [-0.2, 0) is 6.61 Å². The van der Waals surface area contributed by atoms with Gasteiger partial charge < -0.3 is 21.1 Å². The second-order valence-corrected chi connectivity index (χ2v) is 7.27. The van der Waals surface area contributed by atoms with Gasteiger partial charge in [-0.2, -0.15) is 0 Å². The van der Waals surface area contributed by atoms with Crippen LogP contribution in [0.2, 0.25) is 0 Å². The molecule has 8 rings (SSSR count). The van der Waals surface area contributed by atoms with Crippen LogP contribution in [0.5, 0.6) is 5.75 Å². The van der Waals surface area contributed by atoms with E-state index in [9.17, 15) is 9.18 Å². The molecule has 8 bridgehead atoms. The summed E-state index contributed by atoms with van der Waals surface area (Å²) in [5.74, 6) is 0.198. The smallest absolute Gasteiger partial charge is 0.255 e. The highest BCUT2D eigenvalue weighted by molar-refractivity contribution is 6.05. The van der Waals surface area contributed by atoms with Crippen molar-refractivity contribution in [3.8, 4) is 17.0 Å². The first-order valence-corrected chi connectivity index (χ1v) is 9.88. The van der Waals surface area contributed by atoms with Crippen LogP contribution in [0.4, 0.5) is 27.4 Å².